The van der Waals surface area contributed by atoms with E-state index in [-0.39, 0.29) is 29.6 Å². The second-order valence-corrected chi connectivity index (χ2v) is 7.65. The Morgan fingerprint density at radius 3 is 2.55 bits per heavy atom. The molecule has 2 heterocycles. The summed E-state index contributed by atoms with van der Waals surface area (Å²) in [4.78, 5) is 38.9. The number of benzene rings is 2. The third-order valence-electron chi connectivity index (χ3n) is 6.02. The molecule has 146 valence electrons. The van der Waals surface area contributed by atoms with E-state index >= 15 is 0 Å². The number of hydrogen-bond acceptors (Lipinski definition) is 5. The summed E-state index contributed by atoms with van der Waals surface area (Å²) in [7, 11) is 1.40. The number of fused-ring (bicyclic) bond motifs is 2. The van der Waals surface area contributed by atoms with Crippen molar-refractivity contribution in [3.8, 4) is 11.1 Å². The van der Waals surface area contributed by atoms with Gasteiger partial charge < -0.3 is 14.1 Å². The van der Waals surface area contributed by atoms with E-state index in [9.17, 15) is 14.4 Å². The summed E-state index contributed by atoms with van der Waals surface area (Å²) in [5, 5.41) is 0.826. The van der Waals surface area contributed by atoms with Gasteiger partial charge in [-0.25, -0.2) is 4.79 Å². The molecule has 1 aromatic heterocycles. The summed E-state index contributed by atoms with van der Waals surface area (Å²) in [6, 6.07) is 16.2. The average molecular weight is 389 g/mol. The fraction of sp³-hybridized carbons (Fsp3) is 0.261. The molecule has 0 bridgehead atoms. The number of para-hydroxylation sites is 1. The summed E-state index contributed by atoms with van der Waals surface area (Å²) in [5.41, 5.74) is 1.69. The Morgan fingerprint density at radius 1 is 1.03 bits per heavy atom. The molecule has 3 atom stereocenters. The maximum atomic E-state index is 12.9. The zero-order chi connectivity index (χ0) is 20.1. The molecule has 29 heavy (non-hydrogen) atoms. The smallest absolute Gasteiger partial charge is 0.344 e. The fourth-order valence-corrected chi connectivity index (χ4v) is 4.44. The molecule has 0 N–H and O–H groups in total. The Hall–Kier alpha value is -3.41. The SMILES string of the molecule is COC(=O)C1[C@H]2CN(C(=O)c3cccc(-c4cc5ccccc5oc4=O)c3)C[C@@H]12. The van der Waals surface area contributed by atoms with E-state index in [4.69, 9.17) is 9.15 Å². The van der Waals surface area contributed by atoms with Gasteiger partial charge in [0.1, 0.15) is 5.58 Å². The Balaban J connectivity index is 1.40. The molecule has 2 aliphatic rings. The molecule has 1 unspecified atom stereocenters. The summed E-state index contributed by atoms with van der Waals surface area (Å²) in [5.74, 6) is 0.0480. The van der Waals surface area contributed by atoms with Gasteiger partial charge in [0.05, 0.1) is 18.6 Å². The molecule has 1 aliphatic heterocycles. The second-order valence-electron chi connectivity index (χ2n) is 7.65. The van der Waals surface area contributed by atoms with Crippen LogP contribution in [-0.4, -0.2) is 37.0 Å². The molecule has 1 amide bonds. The minimum absolute atomic E-state index is 0.0717. The molecule has 2 aromatic carbocycles. The molecule has 0 spiro atoms. The molecule has 1 saturated heterocycles. The molecular formula is C23H19NO5. The van der Waals surface area contributed by atoms with Crippen molar-refractivity contribution in [2.45, 2.75) is 0 Å². The number of esters is 1. The number of piperidine rings is 1. The molecule has 3 aromatic rings. The van der Waals surface area contributed by atoms with Crippen LogP contribution >= 0.6 is 0 Å². The van der Waals surface area contributed by atoms with E-state index in [1.807, 2.05) is 18.2 Å². The van der Waals surface area contributed by atoms with Crippen LogP contribution in [-0.2, 0) is 9.53 Å². The number of likely N-dealkylation sites (tertiary alicyclic amines) is 1. The first-order valence-electron chi connectivity index (χ1n) is 9.57. The van der Waals surface area contributed by atoms with Crippen LogP contribution in [0.5, 0.6) is 0 Å². The lowest BCUT2D eigenvalue weighted by Crippen LogP contribution is -2.32. The van der Waals surface area contributed by atoms with Gasteiger partial charge in [0.15, 0.2) is 0 Å². The molecule has 2 fully saturated rings. The lowest BCUT2D eigenvalue weighted by atomic mass is 10.0. The van der Waals surface area contributed by atoms with Gasteiger partial charge in [0, 0.05) is 24.0 Å². The lowest BCUT2D eigenvalue weighted by Gasteiger charge is -2.19. The molecule has 5 rings (SSSR count). The Morgan fingerprint density at radius 2 is 1.79 bits per heavy atom. The number of hydrogen-bond donors (Lipinski definition) is 0. The van der Waals surface area contributed by atoms with Gasteiger partial charge in [-0.05, 0) is 41.7 Å². The molecule has 1 aliphatic carbocycles. The van der Waals surface area contributed by atoms with Gasteiger partial charge in [0.25, 0.3) is 5.91 Å². The van der Waals surface area contributed by atoms with Gasteiger partial charge in [-0.15, -0.1) is 0 Å². The molecule has 1 saturated carbocycles. The minimum atomic E-state index is -0.434. The van der Waals surface area contributed by atoms with Crippen LogP contribution in [0, 0.1) is 17.8 Å². The summed E-state index contributed by atoms with van der Waals surface area (Å²) in [6.45, 7) is 1.12. The van der Waals surface area contributed by atoms with Crippen molar-refractivity contribution in [2.24, 2.45) is 17.8 Å². The Labute approximate surface area is 166 Å². The lowest BCUT2D eigenvalue weighted by molar-refractivity contribution is -0.143. The van der Waals surface area contributed by atoms with Gasteiger partial charge >= 0.3 is 11.6 Å². The van der Waals surface area contributed by atoms with Crippen LogP contribution in [0.2, 0.25) is 0 Å². The maximum absolute atomic E-state index is 12.9. The van der Waals surface area contributed by atoms with Crippen LogP contribution in [0.4, 0.5) is 0 Å². The van der Waals surface area contributed by atoms with Crippen molar-refractivity contribution < 1.29 is 18.7 Å². The van der Waals surface area contributed by atoms with Crippen LogP contribution in [0.3, 0.4) is 0 Å². The van der Waals surface area contributed by atoms with Crippen molar-refractivity contribution in [1.29, 1.82) is 0 Å². The van der Waals surface area contributed by atoms with Crippen LogP contribution in [0.15, 0.2) is 63.8 Å². The minimum Gasteiger partial charge on any atom is -0.469 e. The normalized spacial score (nSPS) is 22.4. The van der Waals surface area contributed by atoms with Crippen LogP contribution < -0.4 is 5.63 Å². The van der Waals surface area contributed by atoms with Crippen molar-refractivity contribution in [3.63, 3.8) is 0 Å². The van der Waals surface area contributed by atoms with Gasteiger partial charge in [-0.2, -0.15) is 0 Å². The number of nitrogens with zero attached hydrogens (tertiary/aromatic N) is 1. The number of carbonyl (C=O) groups is 2. The highest BCUT2D eigenvalue weighted by Gasteiger charge is 2.60. The van der Waals surface area contributed by atoms with E-state index < -0.39 is 5.63 Å². The van der Waals surface area contributed by atoms with E-state index in [0.29, 0.717) is 35.4 Å². The third-order valence-corrected chi connectivity index (χ3v) is 6.02. The third kappa shape index (κ3) is 2.92. The monoisotopic (exact) mass is 389 g/mol. The number of carbonyl (C=O) groups excluding carboxylic acids is 2. The fourth-order valence-electron chi connectivity index (χ4n) is 4.44. The molecule has 6 nitrogen and oxygen atoms in total. The van der Waals surface area contributed by atoms with Crippen LogP contribution in [0.25, 0.3) is 22.1 Å². The van der Waals surface area contributed by atoms with E-state index in [0.717, 1.165) is 5.39 Å². The number of amides is 1. The van der Waals surface area contributed by atoms with Crippen molar-refractivity contribution in [3.05, 3.63) is 70.6 Å². The number of rotatable bonds is 3. The van der Waals surface area contributed by atoms with E-state index in [1.165, 1.54) is 7.11 Å². The van der Waals surface area contributed by atoms with Gasteiger partial charge in [-0.3, -0.25) is 9.59 Å². The highest BCUT2D eigenvalue weighted by Crippen LogP contribution is 2.52. The van der Waals surface area contributed by atoms with Gasteiger partial charge in [0.2, 0.25) is 0 Å². The van der Waals surface area contributed by atoms with Crippen molar-refractivity contribution in [2.75, 3.05) is 20.2 Å². The molecule has 6 heteroatoms. The summed E-state index contributed by atoms with van der Waals surface area (Å²) in [6.07, 6.45) is 0. The first kappa shape index (κ1) is 17.7. The zero-order valence-electron chi connectivity index (χ0n) is 15.8. The standard InChI is InChI=1S/C23H19NO5/c1-28-23(27)20-17-11-24(12-18(17)20)21(25)15-7-4-6-13(9-15)16-10-14-5-2-3-8-19(14)29-22(16)26/h2-10,17-18,20H,11-12H2,1H3/t17-,18+,20?. The quantitative estimate of drug-likeness (QED) is 0.508. The van der Waals surface area contributed by atoms with Gasteiger partial charge in [-0.1, -0.05) is 30.3 Å². The first-order valence-corrected chi connectivity index (χ1v) is 9.57. The maximum Gasteiger partial charge on any atom is 0.344 e. The van der Waals surface area contributed by atoms with Crippen molar-refractivity contribution in [1.82, 2.24) is 4.90 Å². The Kier molecular flexibility index (Phi) is 4.01. The van der Waals surface area contributed by atoms with E-state index in [1.54, 1.807) is 41.3 Å². The zero-order valence-corrected chi connectivity index (χ0v) is 15.8. The summed E-state index contributed by atoms with van der Waals surface area (Å²) >= 11 is 0. The highest BCUT2D eigenvalue weighted by atomic mass is 16.5. The predicted molar refractivity (Wildman–Crippen MR) is 106 cm³/mol. The summed E-state index contributed by atoms with van der Waals surface area (Å²) < 4.78 is 10.2. The largest absolute Gasteiger partial charge is 0.469 e. The second kappa shape index (κ2) is 6.58. The number of ether oxygens (including phenoxy) is 1. The average Bonchev–Trinajstić information content (AvgIpc) is 3.25. The van der Waals surface area contributed by atoms with Crippen molar-refractivity contribution >= 4 is 22.8 Å². The Bertz CT molecular complexity index is 1190. The molecular weight excluding hydrogens is 370 g/mol. The number of methoxy groups -OCH3 is 1. The molecule has 0 radical (unpaired) electrons. The highest BCUT2D eigenvalue weighted by molar-refractivity contribution is 5.96. The van der Waals surface area contributed by atoms with E-state index in [2.05, 4.69) is 0 Å². The topological polar surface area (TPSA) is 76.8 Å². The first-order chi connectivity index (χ1) is 14.1. The predicted octanol–water partition coefficient (Wildman–Crippen LogP) is 2.95. The van der Waals surface area contributed by atoms with Crippen LogP contribution in [0.1, 0.15) is 10.4 Å².